The normalized spacial score (nSPS) is 24.8. The van der Waals surface area contributed by atoms with Crippen LogP contribution in [0.4, 0.5) is 0 Å². The van der Waals surface area contributed by atoms with Gasteiger partial charge in [0.1, 0.15) is 12.6 Å². The van der Waals surface area contributed by atoms with Gasteiger partial charge in [0.2, 0.25) is 11.8 Å². The van der Waals surface area contributed by atoms with Gasteiger partial charge in [-0.2, -0.15) is 0 Å². The van der Waals surface area contributed by atoms with Gasteiger partial charge >= 0.3 is 0 Å². The lowest BCUT2D eigenvalue weighted by Gasteiger charge is -2.36. The first kappa shape index (κ1) is 13.5. The number of piperazine rings is 1. The molecular weight excluding hydrogens is 274 g/mol. The second-order valence-corrected chi connectivity index (χ2v) is 6.94. The van der Waals surface area contributed by atoms with E-state index in [9.17, 15) is 9.59 Å². The Hall–Kier alpha value is -1.43. The van der Waals surface area contributed by atoms with Gasteiger partial charge in [-0.05, 0) is 39.5 Å². The van der Waals surface area contributed by atoms with Crippen LogP contribution in [0.3, 0.4) is 0 Å². The van der Waals surface area contributed by atoms with Gasteiger partial charge in [0.15, 0.2) is 0 Å². The second kappa shape index (κ2) is 4.84. The first-order valence-corrected chi connectivity index (χ1v) is 7.82. The van der Waals surface area contributed by atoms with Gasteiger partial charge in [0.05, 0.1) is 16.7 Å². The van der Waals surface area contributed by atoms with Crippen molar-refractivity contribution in [3.63, 3.8) is 0 Å². The molecular formula is C14H19N3O2S. The van der Waals surface area contributed by atoms with Crippen molar-refractivity contribution < 1.29 is 9.59 Å². The molecule has 1 aromatic rings. The predicted molar refractivity (Wildman–Crippen MR) is 76.4 cm³/mol. The molecule has 2 fully saturated rings. The van der Waals surface area contributed by atoms with Crippen LogP contribution >= 0.6 is 11.3 Å². The molecule has 2 atom stereocenters. The highest BCUT2D eigenvalue weighted by Crippen LogP contribution is 2.37. The van der Waals surface area contributed by atoms with E-state index in [0.29, 0.717) is 5.92 Å². The summed E-state index contributed by atoms with van der Waals surface area (Å²) in [6.45, 7) is 6.06. The molecule has 1 saturated carbocycles. The van der Waals surface area contributed by atoms with Crippen LogP contribution in [0.2, 0.25) is 0 Å². The van der Waals surface area contributed by atoms with E-state index in [1.54, 1.807) is 16.2 Å². The van der Waals surface area contributed by atoms with Gasteiger partial charge in [-0.15, -0.1) is 11.3 Å². The third-order valence-corrected chi connectivity index (χ3v) is 5.30. The highest BCUT2D eigenvalue weighted by molar-refractivity contribution is 7.11. The summed E-state index contributed by atoms with van der Waals surface area (Å²) in [7, 11) is 0. The molecule has 1 saturated heterocycles. The van der Waals surface area contributed by atoms with Gasteiger partial charge in [-0.1, -0.05) is 0 Å². The van der Waals surface area contributed by atoms with Gasteiger partial charge in [-0.3, -0.25) is 9.59 Å². The molecule has 0 spiro atoms. The minimum atomic E-state index is -0.312. The number of hydrogen-bond acceptors (Lipinski definition) is 4. The lowest BCUT2D eigenvalue weighted by Crippen LogP contribution is -2.59. The van der Waals surface area contributed by atoms with Crippen LogP contribution in [0.5, 0.6) is 0 Å². The third-order valence-electron chi connectivity index (χ3n) is 4.06. The summed E-state index contributed by atoms with van der Waals surface area (Å²) in [5.74, 6) is 0.350. The minimum Gasteiger partial charge on any atom is -0.342 e. The molecule has 2 aliphatic rings. The van der Waals surface area contributed by atoms with Gasteiger partial charge in [0, 0.05) is 4.88 Å². The Morgan fingerprint density at radius 3 is 2.60 bits per heavy atom. The average molecular weight is 293 g/mol. The van der Waals surface area contributed by atoms with Crippen molar-refractivity contribution in [2.75, 3.05) is 6.54 Å². The molecule has 1 aliphatic heterocycles. The summed E-state index contributed by atoms with van der Waals surface area (Å²) < 4.78 is 0. The van der Waals surface area contributed by atoms with Crippen molar-refractivity contribution in [3.8, 4) is 0 Å². The Labute approximate surface area is 122 Å². The SMILES string of the molecule is Cc1nc(C)c(C(C)N2CC(=O)NC(C3CC3)C2=O)s1. The Balaban J connectivity index is 1.85. The zero-order valence-corrected chi connectivity index (χ0v) is 12.8. The van der Waals surface area contributed by atoms with E-state index in [4.69, 9.17) is 0 Å². The van der Waals surface area contributed by atoms with E-state index >= 15 is 0 Å². The fourth-order valence-corrected chi connectivity index (χ4v) is 3.84. The maximum atomic E-state index is 12.6. The van der Waals surface area contributed by atoms with Crippen molar-refractivity contribution >= 4 is 23.2 Å². The molecule has 2 heterocycles. The summed E-state index contributed by atoms with van der Waals surface area (Å²) in [6.07, 6.45) is 2.08. The van der Waals surface area contributed by atoms with E-state index in [-0.39, 0.29) is 30.4 Å². The zero-order chi connectivity index (χ0) is 14.4. The molecule has 1 aliphatic carbocycles. The highest BCUT2D eigenvalue weighted by Gasteiger charge is 2.44. The molecule has 6 heteroatoms. The van der Waals surface area contributed by atoms with Crippen molar-refractivity contribution in [1.82, 2.24) is 15.2 Å². The molecule has 2 amide bonds. The topological polar surface area (TPSA) is 62.3 Å². The number of carbonyl (C=O) groups excluding carboxylic acids is 2. The Kier molecular flexibility index (Phi) is 3.28. The van der Waals surface area contributed by atoms with E-state index in [0.717, 1.165) is 28.4 Å². The smallest absolute Gasteiger partial charge is 0.246 e. The van der Waals surface area contributed by atoms with E-state index in [1.165, 1.54) is 0 Å². The number of rotatable bonds is 3. The van der Waals surface area contributed by atoms with Crippen molar-refractivity contribution in [3.05, 3.63) is 15.6 Å². The number of aryl methyl sites for hydroxylation is 2. The monoisotopic (exact) mass is 293 g/mol. The third kappa shape index (κ3) is 2.32. The fraction of sp³-hybridized carbons (Fsp3) is 0.643. The molecule has 0 bridgehead atoms. The van der Waals surface area contributed by atoms with Gasteiger partial charge in [-0.25, -0.2) is 4.98 Å². The molecule has 1 aromatic heterocycles. The molecule has 2 unspecified atom stereocenters. The fourth-order valence-electron chi connectivity index (χ4n) is 2.85. The summed E-state index contributed by atoms with van der Waals surface area (Å²) in [6, 6.07) is -0.394. The summed E-state index contributed by atoms with van der Waals surface area (Å²) in [5, 5.41) is 3.84. The average Bonchev–Trinajstić information content (AvgIpc) is 3.16. The Bertz CT molecular complexity index is 565. The Morgan fingerprint density at radius 1 is 1.35 bits per heavy atom. The van der Waals surface area contributed by atoms with Crippen molar-refractivity contribution in [1.29, 1.82) is 0 Å². The van der Waals surface area contributed by atoms with Crippen molar-refractivity contribution in [2.24, 2.45) is 5.92 Å². The van der Waals surface area contributed by atoms with Crippen molar-refractivity contribution in [2.45, 2.75) is 45.7 Å². The van der Waals surface area contributed by atoms with E-state index < -0.39 is 0 Å². The van der Waals surface area contributed by atoms with Crippen LogP contribution in [0.25, 0.3) is 0 Å². The molecule has 0 radical (unpaired) electrons. The standard InChI is InChI=1S/C14H19N3O2S/c1-7-13(20-9(3)15-7)8(2)17-6-11(18)16-12(14(17)19)10-4-5-10/h8,10,12H,4-6H2,1-3H3,(H,16,18). The summed E-state index contributed by atoms with van der Waals surface area (Å²) >= 11 is 1.61. The maximum Gasteiger partial charge on any atom is 0.246 e. The summed E-state index contributed by atoms with van der Waals surface area (Å²) in [5.41, 5.74) is 0.960. The first-order valence-electron chi connectivity index (χ1n) is 7.01. The number of hydrogen-bond donors (Lipinski definition) is 1. The maximum absolute atomic E-state index is 12.6. The van der Waals surface area contributed by atoms with E-state index in [2.05, 4.69) is 10.3 Å². The summed E-state index contributed by atoms with van der Waals surface area (Å²) in [4.78, 5) is 31.7. The molecule has 0 aromatic carbocycles. The number of nitrogens with one attached hydrogen (secondary N) is 1. The van der Waals surface area contributed by atoms with Crippen LogP contribution in [0.1, 0.15) is 41.4 Å². The lowest BCUT2D eigenvalue weighted by atomic mass is 10.1. The van der Waals surface area contributed by atoms with Crippen LogP contribution in [-0.2, 0) is 9.59 Å². The number of aromatic nitrogens is 1. The highest BCUT2D eigenvalue weighted by atomic mass is 32.1. The van der Waals surface area contributed by atoms with Crippen LogP contribution < -0.4 is 5.32 Å². The number of nitrogens with zero attached hydrogens (tertiary/aromatic N) is 2. The second-order valence-electron chi connectivity index (χ2n) is 5.71. The molecule has 5 nitrogen and oxygen atoms in total. The zero-order valence-electron chi connectivity index (χ0n) is 12.0. The minimum absolute atomic E-state index is 0.0489. The number of thiazole rings is 1. The quantitative estimate of drug-likeness (QED) is 0.920. The van der Waals surface area contributed by atoms with Gasteiger partial charge in [0.25, 0.3) is 0 Å². The van der Waals surface area contributed by atoms with Crippen LogP contribution in [0, 0.1) is 19.8 Å². The van der Waals surface area contributed by atoms with Gasteiger partial charge < -0.3 is 10.2 Å². The van der Waals surface area contributed by atoms with Crippen LogP contribution in [-0.4, -0.2) is 34.3 Å². The first-order chi connectivity index (χ1) is 9.47. The molecule has 20 heavy (non-hydrogen) atoms. The Morgan fingerprint density at radius 2 is 2.05 bits per heavy atom. The number of amides is 2. The largest absolute Gasteiger partial charge is 0.342 e. The van der Waals surface area contributed by atoms with E-state index in [1.807, 2.05) is 20.8 Å². The lowest BCUT2D eigenvalue weighted by molar-refractivity contribution is -0.147. The molecule has 108 valence electrons. The van der Waals surface area contributed by atoms with Crippen LogP contribution in [0.15, 0.2) is 0 Å². The number of carbonyl (C=O) groups is 2. The molecule has 3 rings (SSSR count). The predicted octanol–water partition coefficient (Wildman–Crippen LogP) is 1.56. The molecule has 1 N–H and O–H groups in total.